The van der Waals surface area contributed by atoms with Crippen molar-refractivity contribution in [3.63, 3.8) is 0 Å². The Balaban J connectivity index is 3.10. The fourth-order valence-corrected chi connectivity index (χ4v) is 1.23. The highest BCUT2D eigenvalue weighted by Gasteiger charge is 2.17. The summed E-state index contributed by atoms with van der Waals surface area (Å²) in [5.41, 5.74) is 8.97. The van der Waals surface area contributed by atoms with E-state index in [0.29, 0.717) is 21.6 Å². The smallest absolute Gasteiger partial charge is 0.311 e. The molecule has 1 aliphatic carbocycles. The Morgan fingerprint density at radius 2 is 2.40 bits per heavy atom. The van der Waals surface area contributed by atoms with Crippen LogP contribution in [0.5, 0.6) is 0 Å². The molecule has 0 unspecified atom stereocenters. The van der Waals surface area contributed by atoms with Crippen molar-refractivity contribution in [3.8, 4) is 0 Å². The molecule has 52 valence electrons. The van der Waals surface area contributed by atoms with Gasteiger partial charge >= 0.3 is 5.71 Å². The third-order valence-corrected chi connectivity index (χ3v) is 2.59. The Bertz CT molecular complexity index is 261. The van der Waals surface area contributed by atoms with Gasteiger partial charge in [0.1, 0.15) is 4.48 Å². The molecule has 0 aromatic carbocycles. The Labute approximate surface area is 71.9 Å². The van der Waals surface area contributed by atoms with Crippen LogP contribution in [0.4, 0.5) is 0 Å². The summed E-state index contributed by atoms with van der Waals surface area (Å²) in [5.74, 6) is 0. The van der Waals surface area contributed by atoms with E-state index in [1.54, 1.807) is 6.08 Å². The number of halogens is 2. The molecule has 0 N–H and O–H groups in total. The molecule has 0 fully saturated rings. The fraction of sp³-hybridized carbons (Fsp3) is 0.167. The van der Waals surface area contributed by atoms with E-state index < -0.39 is 0 Å². The lowest BCUT2D eigenvalue weighted by atomic mass is 10.1. The first-order chi connectivity index (χ1) is 4.75. The number of nitrogens with zero attached hydrogens (tertiary/aromatic N) is 2. The summed E-state index contributed by atoms with van der Waals surface area (Å²) in [7, 11) is 0. The van der Waals surface area contributed by atoms with Gasteiger partial charge in [-0.3, -0.25) is 0 Å². The zero-order chi connectivity index (χ0) is 7.56. The largest absolute Gasteiger partial charge is 0.361 e. The van der Waals surface area contributed by atoms with Gasteiger partial charge in [-0.25, -0.2) is 0 Å². The molecule has 0 aromatic rings. The molecule has 0 saturated heterocycles. The molecule has 0 saturated carbocycles. The van der Waals surface area contributed by atoms with Crippen molar-refractivity contribution in [1.29, 1.82) is 0 Å². The third kappa shape index (κ3) is 1.37. The maximum Gasteiger partial charge on any atom is 0.311 e. The number of hydrogen-bond acceptors (Lipinski definition) is 0. The molecule has 0 bridgehead atoms. The average Bonchev–Trinajstić information content (AvgIpc) is 1.95. The van der Waals surface area contributed by atoms with Gasteiger partial charge in [0.25, 0.3) is 0 Å². The topological polar surface area (TPSA) is 36.4 Å². The summed E-state index contributed by atoms with van der Waals surface area (Å²) < 4.78 is 0.666. The van der Waals surface area contributed by atoms with Crippen LogP contribution in [0, 0.1) is 0 Å². The zero-order valence-electron chi connectivity index (χ0n) is 5.01. The molecule has 0 radical (unpaired) electrons. The summed E-state index contributed by atoms with van der Waals surface area (Å²) in [6.45, 7) is 0. The summed E-state index contributed by atoms with van der Waals surface area (Å²) in [6.07, 6.45) is 4.22. The van der Waals surface area contributed by atoms with Gasteiger partial charge in [0, 0.05) is 0 Å². The SMILES string of the molecule is [N-]=[N+]=C1CC=CC(Cl)=C1Br. The first kappa shape index (κ1) is 7.73. The lowest BCUT2D eigenvalue weighted by Gasteiger charge is -1.98. The van der Waals surface area contributed by atoms with Crippen molar-refractivity contribution in [3.05, 3.63) is 27.2 Å². The normalized spacial score (nSPS) is 17.6. The summed E-state index contributed by atoms with van der Waals surface area (Å²) in [5, 5.41) is 0.569. The predicted octanol–water partition coefficient (Wildman–Crippen LogP) is 2.46. The van der Waals surface area contributed by atoms with Crippen molar-refractivity contribution < 1.29 is 4.79 Å². The first-order valence-corrected chi connectivity index (χ1v) is 3.86. The second kappa shape index (κ2) is 3.15. The van der Waals surface area contributed by atoms with E-state index in [9.17, 15) is 0 Å². The van der Waals surface area contributed by atoms with Crippen LogP contribution in [0.25, 0.3) is 5.53 Å². The van der Waals surface area contributed by atoms with Gasteiger partial charge in [-0.1, -0.05) is 17.7 Å². The lowest BCUT2D eigenvalue weighted by molar-refractivity contribution is -0.00566. The van der Waals surface area contributed by atoms with Gasteiger partial charge in [-0.15, -0.1) is 0 Å². The third-order valence-electron chi connectivity index (χ3n) is 1.16. The van der Waals surface area contributed by atoms with Crippen LogP contribution in [0.15, 0.2) is 21.7 Å². The van der Waals surface area contributed by atoms with Gasteiger partial charge in [0.05, 0.1) is 11.5 Å². The quantitative estimate of drug-likeness (QED) is 0.443. The van der Waals surface area contributed by atoms with Crippen molar-refractivity contribution in [2.24, 2.45) is 0 Å². The summed E-state index contributed by atoms with van der Waals surface area (Å²) >= 11 is 8.88. The Morgan fingerprint density at radius 3 is 2.90 bits per heavy atom. The van der Waals surface area contributed by atoms with E-state index in [2.05, 4.69) is 20.7 Å². The highest BCUT2D eigenvalue weighted by atomic mass is 79.9. The maximum atomic E-state index is 8.41. The van der Waals surface area contributed by atoms with E-state index in [1.165, 1.54) is 0 Å². The Hall–Kier alpha value is -0.370. The molecule has 1 rings (SSSR count). The van der Waals surface area contributed by atoms with Crippen LogP contribution >= 0.6 is 27.5 Å². The molecule has 1 aliphatic rings. The number of rotatable bonds is 0. The van der Waals surface area contributed by atoms with Crippen LogP contribution in [0.1, 0.15) is 6.42 Å². The average molecular weight is 219 g/mol. The molecule has 0 spiro atoms. The minimum Gasteiger partial charge on any atom is -0.361 e. The van der Waals surface area contributed by atoms with E-state index in [1.807, 2.05) is 6.08 Å². The van der Waals surface area contributed by atoms with Crippen molar-refractivity contribution in [1.82, 2.24) is 0 Å². The molecule has 0 aliphatic heterocycles. The van der Waals surface area contributed by atoms with E-state index >= 15 is 0 Å². The first-order valence-electron chi connectivity index (χ1n) is 2.69. The fourth-order valence-electron chi connectivity index (χ4n) is 0.659. The van der Waals surface area contributed by atoms with Gasteiger partial charge in [-0.2, -0.15) is 4.79 Å². The number of hydrogen-bond donors (Lipinski definition) is 0. The molecular formula is C6H4BrClN2. The van der Waals surface area contributed by atoms with Crippen molar-refractivity contribution in [2.75, 3.05) is 0 Å². The van der Waals surface area contributed by atoms with Crippen molar-refractivity contribution >= 4 is 33.2 Å². The number of allylic oxidation sites excluding steroid dienone is 4. The summed E-state index contributed by atoms with van der Waals surface area (Å²) in [6, 6.07) is 0. The maximum absolute atomic E-state index is 8.41. The highest BCUT2D eigenvalue weighted by Crippen LogP contribution is 2.23. The molecule has 2 nitrogen and oxygen atoms in total. The molecular weight excluding hydrogens is 215 g/mol. The minimum absolute atomic E-state index is 0.562. The Kier molecular flexibility index (Phi) is 2.44. The van der Waals surface area contributed by atoms with Gasteiger partial charge < -0.3 is 5.53 Å². The molecule has 10 heavy (non-hydrogen) atoms. The molecule has 0 heterocycles. The van der Waals surface area contributed by atoms with Gasteiger partial charge in [0.15, 0.2) is 0 Å². The predicted molar refractivity (Wildman–Crippen MR) is 44.2 cm³/mol. The molecule has 0 aromatic heterocycles. The minimum atomic E-state index is 0.562. The lowest BCUT2D eigenvalue weighted by Crippen LogP contribution is -2.02. The van der Waals surface area contributed by atoms with Crippen LogP contribution in [0.3, 0.4) is 0 Å². The van der Waals surface area contributed by atoms with Gasteiger partial charge in [0.2, 0.25) is 0 Å². The van der Waals surface area contributed by atoms with Crippen LogP contribution in [-0.2, 0) is 0 Å². The standard InChI is InChI=1S/C6H4BrClN2/c7-6-4(8)2-1-3-5(6)10-9/h1-2H,3H2. The van der Waals surface area contributed by atoms with E-state index in [4.69, 9.17) is 17.1 Å². The molecule has 0 amide bonds. The Morgan fingerprint density at radius 1 is 1.70 bits per heavy atom. The second-order valence-corrected chi connectivity index (χ2v) is 3.02. The zero-order valence-corrected chi connectivity index (χ0v) is 7.35. The van der Waals surface area contributed by atoms with Crippen LogP contribution < -0.4 is 0 Å². The van der Waals surface area contributed by atoms with Crippen LogP contribution in [-0.4, -0.2) is 10.5 Å². The highest BCUT2D eigenvalue weighted by molar-refractivity contribution is 9.12. The monoisotopic (exact) mass is 218 g/mol. The molecule has 0 atom stereocenters. The second-order valence-electron chi connectivity index (χ2n) is 1.82. The van der Waals surface area contributed by atoms with E-state index in [-0.39, 0.29) is 0 Å². The van der Waals surface area contributed by atoms with Crippen molar-refractivity contribution in [2.45, 2.75) is 6.42 Å². The van der Waals surface area contributed by atoms with Crippen LogP contribution in [0.2, 0.25) is 0 Å². The van der Waals surface area contributed by atoms with Gasteiger partial charge in [-0.05, 0) is 22.0 Å². The van der Waals surface area contributed by atoms with E-state index in [0.717, 1.165) is 0 Å². The summed E-state index contributed by atoms with van der Waals surface area (Å²) in [4.78, 5) is 3.06. The molecule has 4 heteroatoms.